The lowest BCUT2D eigenvalue weighted by Gasteiger charge is -2.18. The third-order valence-corrected chi connectivity index (χ3v) is 5.27. The average Bonchev–Trinajstić information content (AvgIpc) is 3.16. The third kappa shape index (κ3) is 9.79. The lowest BCUT2D eigenvalue weighted by Crippen LogP contribution is -2.26. The molecule has 2 aromatic carbocycles. The molecule has 0 radical (unpaired) electrons. The highest BCUT2D eigenvalue weighted by molar-refractivity contribution is 7.13. The summed E-state index contributed by atoms with van der Waals surface area (Å²) >= 11 is 1.32. The van der Waals surface area contributed by atoms with Gasteiger partial charge in [-0.15, -0.1) is 36.2 Å². The summed E-state index contributed by atoms with van der Waals surface area (Å²) in [5.41, 5.74) is 9.10. The summed E-state index contributed by atoms with van der Waals surface area (Å²) in [5.74, 6) is -0.427. The van der Waals surface area contributed by atoms with Crippen LogP contribution in [0.3, 0.4) is 0 Å². The Balaban J connectivity index is 0.00000272. The van der Waals surface area contributed by atoms with E-state index >= 15 is 0 Å². The van der Waals surface area contributed by atoms with E-state index in [0.717, 1.165) is 29.8 Å². The molecule has 0 spiro atoms. The Labute approximate surface area is 210 Å². The topological polar surface area (TPSA) is 106 Å². The number of nitrogens with one attached hydrogen (secondary N) is 2. The lowest BCUT2D eigenvalue weighted by atomic mass is 10.1. The van der Waals surface area contributed by atoms with Crippen molar-refractivity contribution in [1.82, 2.24) is 10.3 Å². The zero-order chi connectivity index (χ0) is 22.1. The van der Waals surface area contributed by atoms with Crippen molar-refractivity contribution in [2.45, 2.75) is 25.9 Å². The van der Waals surface area contributed by atoms with Gasteiger partial charge in [-0.3, -0.25) is 9.59 Å². The molecule has 7 nitrogen and oxygen atoms in total. The minimum absolute atomic E-state index is 0. The number of nitrogens with zero attached hydrogens (tertiary/aromatic N) is 1. The molecule has 4 N–H and O–H groups in total. The van der Waals surface area contributed by atoms with E-state index in [1.165, 1.54) is 18.3 Å². The Hall–Kier alpha value is -2.65. The maximum Gasteiger partial charge on any atom is 0.303 e. The van der Waals surface area contributed by atoms with Gasteiger partial charge in [0, 0.05) is 24.5 Å². The zero-order valence-corrected chi connectivity index (χ0v) is 20.6. The highest BCUT2D eigenvalue weighted by Crippen LogP contribution is 2.17. The van der Waals surface area contributed by atoms with Gasteiger partial charge in [-0.05, 0) is 36.2 Å². The van der Waals surface area contributed by atoms with Crippen LogP contribution in [0.15, 0.2) is 60.0 Å². The number of carbonyl (C=O) groups is 2. The van der Waals surface area contributed by atoms with Crippen LogP contribution in [0.5, 0.6) is 0 Å². The van der Waals surface area contributed by atoms with Gasteiger partial charge in [0.25, 0.3) is 0 Å². The van der Waals surface area contributed by atoms with E-state index in [9.17, 15) is 9.59 Å². The monoisotopic (exact) mass is 510 g/mol. The van der Waals surface area contributed by atoms with Crippen molar-refractivity contribution in [2.24, 2.45) is 0 Å². The first-order valence-corrected chi connectivity index (χ1v) is 10.9. The normalized spacial score (nSPS) is 10.9. The van der Waals surface area contributed by atoms with Crippen molar-refractivity contribution >= 4 is 58.8 Å². The molecule has 0 unspecified atom stereocenters. The van der Waals surface area contributed by atoms with Crippen LogP contribution in [0.4, 0.5) is 10.8 Å². The number of hydrogen-bond donors (Lipinski definition) is 3. The van der Waals surface area contributed by atoms with Gasteiger partial charge in [0.05, 0.1) is 12.1 Å². The van der Waals surface area contributed by atoms with Gasteiger partial charge in [-0.25, -0.2) is 4.98 Å². The van der Waals surface area contributed by atoms with E-state index < -0.39 is 0 Å². The lowest BCUT2D eigenvalue weighted by molar-refractivity contribution is -0.146. The van der Waals surface area contributed by atoms with Crippen LogP contribution in [0.2, 0.25) is 0 Å². The van der Waals surface area contributed by atoms with Crippen molar-refractivity contribution < 1.29 is 14.3 Å². The number of carbonyl (C=O) groups excluding carboxylic acids is 2. The highest BCUT2D eigenvalue weighted by Gasteiger charge is 2.14. The summed E-state index contributed by atoms with van der Waals surface area (Å²) in [6.45, 7) is 2.70. The first kappa shape index (κ1) is 28.4. The van der Waals surface area contributed by atoms with Crippen molar-refractivity contribution in [3.63, 3.8) is 0 Å². The van der Waals surface area contributed by atoms with Crippen LogP contribution >= 0.6 is 36.2 Å². The first-order valence-electron chi connectivity index (χ1n) is 10.0. The van der Waals surface area contributed by atoms with E-state index in [1.807, 2.05) is 54.6 Å². The smallest absolute Gasteiger partial charge is 0.303 e. The molecule has 3 rings (SSSR count). The van der Waals surface area contributed by atoms with Crippen molar-refractivity contribution in [2.75, 3.05) is 24.1 Å². The van der Waals surface area contributed by atoms with Gasteiger partial charge in [0.1, 0.15) is 6.10 Å². The fourth-order valence-corrected chi connectivity index (χ4v) is 3.65. The summed E-state index contributed by atoms with van der Waals surface area (Å²) in [6, 6.07) is 17.4. The third-order valence-electron chi connectivity index (χ3n) is 4.55. The predicted molar refractivity (Wildman–Crippen MR) is 137 cm³/mol. The number of aromatic nitrogens is 1. The molecule has 0 aliphatic rings. The molecule has 0 saturated carbocycles. The van der Waals surface area contributed by atoms with Crippen molar-refractivity contribution in [3.05, 3.63) is 76.8 Å². The van der Waals surface area contributed by atoms with Crippen molar-refractivity contribution in [1.29, 1.82) is 0 Å². The van der Waals surface area contributed by atoms with Crippen molar-refractivity contribution in [3.8, 4) is 0 Å². The van der Waals surface area contributed by atoms with Crippen LogP contribution in [-0.4, -0.2) is 29.9 Å². The largest absolute Gasteiger partial charge is 0.456 e. The number of nitrogens with two attached hydrogens (primary N) is 1. The fraction of sp³-hybridized carbons (Fsp3) is 0.261. The van der Waals surface area contributed by atoms with Gasteiger partial charge in [-0.1, -0.05) is 42.5 Å². The van der Waals surface area contributed by atoms with E-state index in [4.69, 9.17) is 10.5 Å². The molecule has 1 amide bonds. The summed E-state index contributed by atoms with van der Waals surface area (Å²) < 4.78 is 5.43. The Kier molecular flexibility index (Phi) is 12.5. The molecule has 1 atom stereocenters. The SMILES string of the molecule is CC(=O)O[C@@H](CNCCc1ccc(NC(=O)Cc2csc(N)n2)cc1)c1ccccc1.Cl.Cl. The van der Waals surface area contributed by atoms with E-state index in [1.54, 1.807) is 5.38 Å². The first-order chi connectivity index (χ1) is 15.0. The highest BCUT2D eigenvalue weighted by atomic mass is 35.5. The summed E-state index contributed by atoms with van der Waals surface area (Å²) in [6.07, 6.45) is 0.697. The Morgan fingerprint density at radius 3 is 2.39 bits per heavy atom. The molecule has 3 aromatic rings. The Bertz CT molecular complexity index is 1000. The standard InChI is InChI=1S/C23H26N4O3S.2ClH/c1-16(28)30-21(18-5-3-2-4-6-18)14-25-12-11-17-7-9-19(10-8-17)26-22(29)13-20-15-31-23(24)27-20;;/h2-10,15,21,25H,11-14H2,1H3,(H2,24,27)(H,26,29);2*1H/t21-;;/m0../s1. The molecule has 33 heavy (non-hydrogen) atoms. The van der Waals surface area contributed by atoms with Crippen LogP contribution in [-0.2, 0) is 27.2 Å². The second-order valence-electron chi connectivity index (χ2n) is 7.06. The predicted octanol–water partition coefficient (Wildman–Crippen LogP) is 4.19. The van der Waals surface area contributed by atoms with Crippen LogP contribution in [0, 0.1) is 0 Å². The second-order valence-corrected chi connectivity index (χ2v) is 7.95. The fourth-order valence-electron chi connectivity index (χ4n) is 3.09. The molecule has 0 saturated heterocycles. The number of esters is 1. The number of anilines is 2. The molecule has 178 valence electrons. The minimum Gasteiger partial charge on any atom is -0.456 e. The van der Waals surface area contributed by atoms with Crippen LogP contribution in [0.1, 0.15) is 29.8 Å². The molecular weight excluding hydrogens is 483 g/mol. The summed E-state index contributed by atoms with van der Waals surface area (Å²) in [5, 5.41) is 8.47. The number of ether oxygens (including phenoxy) is 1. The number of benzene rings is 2. The van der Waals surface area contributed by atoms with Gasteiger partial charge in [0.2, 0.25) is 5.91 Å². The number of halogens is 2. The second kappa shape index (κ2) is 14.5. The molecule has 0 aliphatic heterocycles. The molecule has 0 aliphatic carbocycles. The van der Waals surface area contributed by atoms with Crippen LogP contribution < -0.4 is 16.4 Å². The van der Waals surface area contributed by atoms with Gasteiger partial charge >= 0.3 is 5.97 Å². The number of hydrogen-bond acceptors (Lipinski definition) is 7. The van der Waals surface area contributed by atoms with Gasteiger partial charge in [-0.2, -0.15) is 0 Å². The number of amides is 1. The van der Waals surface area contributed by atoms with E-state index in [0.29, 0.717) is 17.4 Å². The maximum atomic E-state index is 12.1. The number of nitrogen functional groups attached to an aromatic ring is 1. The Morgan fingerprint density at radius 1 is 1.09 bits per heavy atom. The molecule has 1 heterocycles. The van der Waals surface area contributed by atoms with Gasteiger partial charge in [0.15, 0.2) is 5.13 Å². The average molecular weight is 511 g/mol. The van der Waals surface area contributed by atoms with E-state index in [2.05, 4.69) is 15.6 Å². The van der Waals surface area contributed by atoms with E-state index in [-0.39, 0.29) is 49.2 Å². The molecule has 1 aromatic heterocycles. The molecule has 10 heteroatoms. The molecule has 0 fully saturated rings. The zero-order valence-electron chi connectivity index (χ0n) is 18.2. The summed E-state index contributed by atoms with van der Waals surface area (Å²) in [7, 11) is 0. The maximum absolute atomic E-state index is 12.1. The van der Waals surface area contributed by atoms with Gasteiger partial charge < -0.3 is 21.1 Å². The number of thiazole rings is 1. The van der Waals surface area contributed by atoms with Crippen LogP contribution in [0.25, 0.3) is 0 Å². The Morgan fingerprint density at radius 2 is 1.79 bits per heavy atom. The number of rotatable bonds is 10. The quantitative estimate of drug-likeness (QED) is 0.279. The molecular formula is C23H28Cl2N4O3S. The summed E-state index contributed by atoms with van der Waals surface area (Å²) in [4.78, 5) is 27.6. The minimum atomic E-state index is -0.315. The molecule has 0 bridgehead atoms.